The summed E-state index contributed by atoms with van der Waals surface area (Å²) in [6.07, 6.45) is 2.02. The van der Waals surface area contributed by atoms with Crippen molar-refractivity contribution in [1.82, 2.24) is 4.90 Å². The number of benzene rings is 2. The Morgan fingerprint density at radius 1 is 1.11 bits per heavy atom. The van der Waals surface area contributed by atoms with Gasteiger partial charge in [-0.1, -0.05) is 37.3 Å². The minimum absolute atomic E-state index is 0.0411. The van der Waals surface area contributed by atoms with Crippen molar-refractivity contribution >= 4 is 15.7 Å². The molecule has 1 unspecified atom stereocenters. The second kappa shape index (κ2) is 8.67. The molecule has 1 atom stereocenters. The molecule has 0 spiro atoms. The highest BCUT2D eigenvalue weighted by atomic mass is 32.2. The second-order valence-electron chi connectivity index (χ2n) is 6.73. The molecule has 1 aliphatic rings. The van der Waals surface area contributed by atoms with Gasteiger partial charge in [0.15, 0.2) is 9.84 Å². The van der Waals surface area contributed by atoms with Crippen LogP contribution in [0.2, 0.25) is 0 Å². The maximum absolute atomic E-state index is 13.1. The lowest BCUT2D eigenvalue weighted by molar-refractivity contribution is 0.0507. The van der Waals surface area contributed by atoms with Crippen LogP contribution in [-0.4, -0.2) is 44.2 Å². The highest BCUT2D eigenvalue weighted by molar-refractivity contribution is 7.91. The second-order valence-corrected chi connectivity index (χ2v) is 9.01. The zero-order valence-electron chi connectivity index (χ0n) is 15.5. The summed E-state index contributed by atoms with van der Waals surface area (Å²) < 4.78 is 29.7. The van der Waals surface area contributed by atoms with Crippen LogP contribution >= 0.6 is 0 Å². The van der Waals surface area contributed by atoms with E-state index in [4.69, 9.17) is 4.74 Å². The lowest BCUT2D eigenvalue weighted by Gasteiger charge is -2.26. The first-order valence-electron chi connectivity index (χ1n) is 9.27. The van der Waals surface area contributed by atoms with Crippen LogP contribution in [0.5, 0.6) is 0 Å². The zero-order chi connectivity index (χ0) is 19.3. The zero-order valence-corrected chi connectivity index (χ0v) is 16.3. The standard InChI is InChI=1S/C21H25NO4S/c1-2-27(24,25)20-12-10-18(11-13-20)21(23)22(16-19-9-6-14-26-19)15-17-7-4-3-5-8-17/h3-5,7-8,10-13,19H,2,6,9,14-16H2,1H3. The predicted octanol–water partition coefficient (Wildman–Crippen LogP) is 3.30. The molecule has 3 rings (SSSR count). The minimum Gasteiger partial charge on any atom is -0.376 e. The predicted molar refractivity (Wildman–Crippen MR) is 104 cm³/mol. The fourth-order valence-electron chi connectivity index (χ4n) is 3.21. The number of ether oxygens (including phenoxy) is 1. The number of sulfone groups is 1. The molecule has 1 saturated heterocycles. The van der Waals surface area contributed by atoms with Gasteiger partial charge < -0.3 is 9.64 Å². The number of carbonyl (C=O) groups is 1. The van der Waals surface area contributed by atoms with Crippen molar-refractivity contribution in [3.8, 4) is 0 Å². The van der Waals surface area contributed by atoms with Gasteiger partial charge in [0.25, 0.3) is 5.91 Å². The first-order chi connectivity index (χ1) is 13.0. The lowest BCUT2D eigenvalue weighted by Crippen LogP contribution is -2.37. The molecular formula is C21H25NO4S. The van der Waals surface area contributed by atoms with E-state index >= 15 is 0 Å². The normalized spacial score (nSPS) is 17.0. The monoisotopic (exact) mass is 387 g/mol. The van der Waals surface area contributed by atoms with Gasteiger partial charge in [0, 0.05) is 25.3 Å². The van der Waals surface area contributed by atoms with Gasteiger partial charge in [-0.25, -0.2) is 8.42 Å². The van der Waals surface area contributed by atoms with E-state index in [0.717, 1.165) is 25.0 Å². The summed E-state index contributed by atoms with van der Waals surface area (Å²) in [7, 11) is -3.27. The molecule has 0 saturated carbocycles. The highest BCUT2D eigenvalue weighted by Gasteiger charge is 2.24. The van der Waals surface area contributed by atoms with Gasteiger partial charge in [0.05, 0.1) is 16.8 Å². The molecule has 144 valence electrons. The SMILES string of the molecule is CCS(=O)(=O)c1ccc(C(=O)N(Cc2ccccc2)CC2CCCO2)cc1. The smallest absolute Gasteiger partial charge is 0.254 e. The van der Waals surface area contributed by atoms with E-state index < -0.39 is 9.84 Å². The Bertz CT molecular complexity index is 857. The Labute approximate surface area is 160 Å². The van der Waals surface area contributed by atoms with Crippen LogP contribution in [0.4, 0.5) is 0 Å². The molecule has 0 bridgehead atoms. The average molecular weight is 388 g/mol. The van der Waals surface area contributed by atoms with Gasteiger partial charge in [0.2, 0.25) is 0 Å². The molecular weight excluding hydrogens is 362 g/mol. The Morgan fingerprint density at radius 2 is 1.81 bits per heavy atom. The Hall–Kier alpha value is -2.18. The van der Waals surface area contributed by atoms with Crippen molar-refractivity contribution in [3.63, 3.8) is 0 Å². The van der Waals surface area contributed by atoms with Gasteiger partial charge >= 0.3 is 0 Å². The van der Waals surface area contributed by atoms with Gasteiger partial charge in [-0.3, -0.25) is 4.79 Å². The average Bonchev–Trinajstić information content (AvgIpc) is 3.21. The number of hydrogen-bond donors (Lipinski definition) is 0. The van der Waals surface area contributed by atoms with E-state index in [1.165, 1.54) is 12.1 Å². The molecule has 0 aromatic heterocycles. The van der Waals surface area contributed by atoms with Crippen molar-refractivity contribution in [2.24, 2.45) is 0 Å². The molecule has 1 amide bonds. The minimum atomic E-state index is -3.27. The summed E-state index contributed by atoms with van der Waals surface area (Å²) in [6.45, 7) is 3.37. The Kier molecular flexibility index (Phi) is 6.29. The number of amides is 1. The van der Waals surface area contributed by atoms with Crippen LogP contribution in [0.1, 0.15) is 35.7 Å². The largest absolute Gasteiger partial charge is 0.376 e. The van der Waals surface area contributed by atoms with Crippen LogP contribution in [-0.2, 0) is 21.1 Å². The van der Waals surface area contributed by atoms with Crippen molar-refractivity contribution < 1.29 is 17.9 Å². The van der Waals surface area contributed by atoms with Crippen molar-refractivity contribution in [2.45, 2.75) is 37.3 Å². The van der Waals surface area contributed by atoms with E-state index in [9.17, 15) is 13.2 Å². The molecule has 0 radical (unpaired) electrons. The van der Waals surface area contributed by atoms with E-state index in [2.05, 4.69) is 0 Å². The Balaban J connectivity index is 1.80. The van der Waals surface area contributed by atoms with Gasteiger partial charge in [-0.2, -0.15) is 0 Å². The number of hydrogen-bond acceptors (Lipinski definition) is 4. The van der Waals surface area contributed by atoms with Crippen LogP contribution in [0.3, 0.4) is 0 Å². The fraction of sp³-hybridized carbons (Fsp3) is 0.381. The van der Waals surface area contributed by atoms with E-state index in [-0.39, 0.29) is 22.7 Å². The fourth-order valence-corrected chi connectivity index (χ4v) is 4.10. The third-order valence-electron chi connectivity index (χ3n) is 4.79. The summed E-state index contributed by atoms with van der Waals surface area (Å²) >= 11 is 0. The quantitative estimate of drug-likeness (QED) is 0.731. The maximum atomic E-state index is 13.1. The third kappa shape index (κ3) is 4.96. The highest BCUT2D eigenvalue weighted by Crippen LogP contribution is 2.19. The van der Waals surface area contributed by atoms with Gasteiger partial charge in [-0.05, 0) is 42.7 Å². The molecule has 2 aromatic rings. The van der Waals surface area contributed by atoms with Crippen molar-refractivity contribution in [3.05, 3.63) is 65.7 Å². The lowest BCUT2D eigenvalue weighted by atomic mass is 10.1. The first-order valence-corrected chi connectivity index (χ1v) is 10.9. The summed E-state index contributed by atoms with van der Waals surface area (Å²) in [6, 6.07) is 16.1. The van der Waals surface area contributed by atoms with Gasteiger partial charge in [-0.15, -0.1) is 0 Å². The summed E-state index contributed by atoms with van der Waals surface area (Å²) in [5.74, 6) is -0.0748. The third-order valence-corrected chi connectivity index (χ3v) is 6.54. The summed E-state index contributed by atoms with van der Waals surface area (Å²) in [5, 5.41) is 0. The van der Waals surface area contributed by atoms with Crippen LogP contribution in [0, 0.1) is 0 Å². The molecule has 6 heteroatoms. The maximum Gasteiger partial charge on any atom is 0.254 e. The summed E-state index contributed by atoms with van der Waals surface area (Å²) in [5.41, 5.74) is 1.54. The van der Waals surface area contributed by atoms with Crippen molar-refractivity contribution in [2.75, 3.05) is 18.9 Å². The topological polar surface area (TPSA) is 63.7 Å². The number of rotatable bonds is 7. The van der Waals surface area contributed by atoms with E-state index in [1.807, 2.05) is 30.3 Å². The summed E-state index contributed by atoms with van der Waals surface area (Å²) in [4.78, 5) is 15.1. The van der Waals surface area contributed by atoms with E-state index in [1.54, 1.807) is 24.0 Å². The molecule has 5 nitrogen and oxygen atoms in total. The number of nitrogens with zero attached hydrogens (tertiary/aromatic N) is 1. The molecule has 2 aromatic carbocycles. The molecule has 1 heterocycles. The molecule has 0 aliphatic carbocycles. The van der Waals surface area contributed by atoms with Crippen LogP contribution in [0.15, 0.2) is 59.5 Å². The first kappa shape index (κ1) is 19.6. The molecule has 0 N–H and O–H groups in total. The molecule has 1 aliphatic heterocycles. The molecule has 1 fully saturated rings. The van der Waals surface area contributed by atoms with Crippen LogP contribution < -0.4 is 0 Å². The van der Waals surface area contributed by atoms with Crippen LogP contribution in [0.25, 0.3) is 0 Å². The Morgan fingerprint density at radius 3 is 2.41 bits per heavy atom. The van der Waals surface area contributed by atoms with Gasteiger partial charge in [0.1, 0.15) is 0 Å². The molecule has 27 heavy (non-hydrogen) atoms. The van der Waals surface area contributed by atoms with Crippen molar-refractivity contribution in [1.29, 1.82) is 0 Å². The van der Waals surface area contributed by atoms with E-state index in [0.29, 0.717) is 18.7 Å². The number of carbonyl (C=O) groups excluding carboxylic acids is 1.